The van der Waals surface area contributed by atoms with Gasteiger partial charge in [-0.05, 0) is 29.8 Å². The van der Waals surface area contributed by atoms with Crippen LogP contribution in [0.2, 0.25) is 5.02 Å². The zero-order valence-corrected chi connectivity index (χ0v) is 18.1. The zero-order valence-electron chi connectivity index (χ0n) is 17.3. The topological polar surface area (TPSA) is 106 Å². The number of benzene rings is 2. The van der Waals surface area contributed by atoms with Crippen molar-refractivity contribution >= 4 is 35.2 Å². The summed E-state index contributed by atoms with van der Waals surface area (Å²) in [5.41, 5.74) is 1.75. The largest absolute Gasteiger partial charge is 0.497 e. The van der Waals surface area contributed by atoms with Crippen molar-refractivity contribution in [3.8, 4) is 11.5 Å². The molecule has 2 N–H and O–H groups in total. The SMILES string of the molecule is COc1ccc(NC(=O)CN2C(=O)N[C@@H](c3ccc(Cl)cc3)C3=C2COC3=O)c(OC)c1. The molecular formula is C22H20ClN3O6. The van der Waals surface area contributed by atoms with E-state index in [1.54, 1.807) is 42.5 Å². The van der Waals surface area contributed by atoms with E-state index in [9.17, 15) is 14.4 Å². The number of hydrogen-bond acceptors (Lipinski definition) is 6. The van der Waals surface area contributed by atoms with Crippen LogP contribution in [-0.4, -0.2) is 50.2 Å². The van der Waals surface area contributed by atoms with Crippen molar-refractivity contribution in [3.63, 3.8) is 0 Å². The monoisotopic (exact) mass is 457 g/mol. The van der Waals surface area contributed by atoms with Gasteiger partial charge < -0.3 is 24.8 Å². The molecule has 2 aromatic carbocycles. The van der Waals surface area contributed by atoms with E-state index in [4.69, 9.17) is 25.8 Å². The minimum absolute atomic E-state index is 0.0924. The second kappa shape index (κ2) is 8.80. The Labute approximate surface area is 188 Å². The summed E-state index contributed by atoms with van der Waals surface area (Å²) in [6.45, 7) is -0.408. The quantitative estimate of drug-likeness (QED) is 0.646. The molecule has 3 amide bonds. The summed E-state index contributed by atoms with van der Waals surface area (Å²) in [6, 6.07) is 10.5. The number of urea groups is 1. The number of nitrogens with one attached hydrogen (secondary N) is 2. The second-order valence-corrected chi connectivity index (χ2v) is 7.51. The van der Waals surface area contributed by atoms with Gasteiger partial charge in [0, 0.05) is 11.1 Å². The molecule has 0 saturated heterocycles. The zero-order chi connectivity index (χ0) is 22.8. The van der Waals surface area contributed by atoms with Crippen molar-refractivity contribution < 1.29 is 28.6 Å². The summed E-state index contributed by atoms with van der Waals surface area (Å²) >= 11 is 5.95. The van der Waals surface area contributed by atoms with Crippen molar-refractivity contribution in [2.45, 2.75) is 6.04 Å². The van der Waals surface area contributed by atoms with Gasteiger partial charge in [0.15, 0.2) is 0 Å². The van der Waals surface area contributed by atoms with Gasteiger partial charge in [-0.15, -0.1) is 0 Å². The number of esters is 1. The van der Waals surface area contributed by atoms with Crippen molar-refractivity contribution in [3.05, 3.63) is 64.3 Å². The third kappa shape index (κ3) is 4.06. The van der Waals surface area contributed by atoms with E-state index in [1.807, 2.05) is 0 Å². The number of carbonyl (C=O) groups excluding carboxylic acids is 3. The van der Waals surface area contributed by atoms with Gasteiger partial charge in [0.1, 0.15) is 24.7 Å². The van der Waals surface area contributed by atoms with Gasteiger partial charge in [0.2, 0.25) is 5.91 Å². The summed E-state index contributed by atoms with van der Waals surface area (Å²) in [4.78, 5) is 39.2. The van der Waals surface area contributed by atoms with Crippen LogP contribution >= 0.6 is 11.6 Å². The molecule has 0 unspecified atom stereocenters. The number of carbonyl (C=O) groups is 3. The van der Waals surface area contributed by atoms with Crippen LogP contribution in [0.25, 0.3) is 0 Å². The Morgan fingerprint density at radius 2 is 1.94 bits per heavy atom. The smallest absolute Gasteiger partial charge is 0.338 e. The van der Waals surface area contributed by atoms with E-state index in [2.05, 4.69) is 10.6 Å². The van der Waals surface area contributed by atoms with Crippen LogP contribution in [0.5, 0.6) is 11.5 Å². The molecule has 0 saturated carbocycles. The molecule has 2 aliphatic rings. The molecule has 4 rings (SSSR count). The lowest BCUT2D eigenvalue weighted by atomic mass is 9.96. The van der Waals surface area contributed by atoms with E-state index in [0.29, 0.717) is 39.0 Å². The summed E-state index contributed by atoms with van der Waals surface area (Å²) in [7, 11) is 2.99. The standard InChI is InChI=1S/C22H20ClN3O6/c1-30-14-7-8-15(17(9-14)31-2)24-18(27)10-26-16-11-32-21(28)19(16)20(25-22(26)29)12-3-5-13(23)6-4-12/h3-9,20H,10-11H2,1-2H3,(H,24,27)(H,25,29)/t20-/m0/s1. The van der Waals surface area contributed by atoms with Gasteiger partial charge in [-0.3, -0.25) is 9.69 Å². The lowest BCUT2D eigenvalue weighted by Gasteiger charge is -2.32. The van der Waals surface area contributed by atoms with Crippen LogP contribution in [0, 0.1) is 0 Å². The predicted octanol–water partition coefficient (Wildman–Crippen LogP) is 2.87. The number of methoxy groups -OCH3 is 2. The number of halogens is 1. The van der Waals surface area contributed by atoms with Crippen molar-refractivity contribution in [1.29, 1.82) is 0 Å². The van der Waals surface area contributed by atoms with E-state index in [0.717, 1.165) is 0 Å². The Morgan fingerprint density at radius 3 is 2.62 bits per heavy atom. The van der Waals surface area contributed by atoms with Crippen molar-refractivity contribution in [1.82, 2.24) is 10.2 Å². The minimum Gasteiger partial charge on any atom is -0.497 e. The third-order valence-electron chi connectivity index (χ3n) is 5.19. The first-order valence-electron chi connectivity index (χ1n) is 9.66. The molecule has 2 heterocycles. The highest BCUT2D eigenvalue weighted by Gasteiger charge is 2.42. The Balaban J connectivity index is 1.57. The lowest BCUT2D eigenvalue weighted by molar-refractivity contribution is -0.136. The van der Waals surface area contributed by atoms with Crippen molar-refractivity contribution in [2.24, 2.45) is 0 Å². The molecule has 9 nitrogen and oxygen atoms in total. The molecule has 0 spiro atoms. The maximum Gasteiger partial charge on any atom is 0.338 e. The molecule has 0 bridgehead atoms. The number of anilines is 1. The first kappa shape index (κ1) is 21.5. The predicted molar refractivity (Wildman–Crippen MR) is 116 cm³/mol. The summed E-state index contributed by atoms with van der Waals surface area (Å²) in [6.07, 6.45) is 0. The van der Waals surface area contributed by atoms with Crippen LogP contribution in [0.3, 0.4) is 0 Å². The molecular weight excluding hydrogens is 438 g/mol. The highest BCUT2D eigenvalue weighted by molar-refractivity contribution is 6.30. The Morgan fingerprint density at radius 1 is 1.19 bits per heavy atom. The van der Waals surface area contributed by atoms with E-state index < -0.39 is 23.9 Å². The molecule has 0 radical (unpaired) electrons. The first-order valence-corrected chi connectivity index (χ1v) is 10.0. The van der Waals surface area contributed by atoms with Crippen LogP contribution in [0.1, 0.15) is 11.6 Å². The van der Waals surface area contributed by atoms with Gasteiger partial charge in [0.05, 0.1) is 37.2 Å². The Kier molecular flexibility index (Phi) is 5.91. The van der Waals surface area contributed by atoms with Gasteiger partial charge in [-0.1, -0.05) is 23.7 Å². The fourth-order valence-electron chi connectivity index (χ4n) is 3.62. The van der Waals surface area contributed by atoms with Crippen LogP contribution < -0.4 is 20.1 Å². The fraction of sp³-hybridized carbons (Fsp3) is 0.227. The number of nitrogens with zero attached hydrogens (tertiary/aromatic N) is 1. The molecule has 2 aromatic rings. The van der Waals surface area contributed by atoms with Gasteiger partial charge in [0.25, 0.3) is 0 Å². The number of cyclic esters (lactones) is 1. The molecule has 2 aliphatic heterocycles. The lowest BCUT2D eigenvalue weighted by Crippen LogP contribution is -2.49. The number of rotatable bonds is 6. The Hall–Kier alpha value is -3.72. The first-order chi connectivity index (χ1) is 15.4. The highest BCUT2D eigenvalue weighted by Crippen LogP contribution is 2.35. The van der Waals surface area contributed by atoms with E-state index in [1.165, 1.54) is 19.1 Å². The van der Waals surface area contributed by atoms with Crippen LogP contribution in [0.15, 0.2) is 53.7 Å². The van der Waals surface area contributed by atoms with Gasteiger partial charge >= 0.3 is 12.0 Å². The molecule has 1 atom stereocenters. The number of hydrogen-bond donors (Lipinski definition) is 2. The molecule has 10 heteroatoms. The number of ether oxygens (including phenoxy) is 3. The van der Waals surface area contributed by atoms with Gasteiger partial charge in [-0.2, -0.15) is 0 Å². The fourth-order valence-corrected chi connectivity index (χ4v) is 3.74. The molecule has 0 aliphatic carbocycles. The minimum atomic E-state index is -0.689. The maximum atomic E-state index is 12.9. The molecule has 32 heavy (non-hydrogen) atoms. The van der Waals surface area contributed by atoms with Crippen LogP contribution in [-0.2, 0) is 14.3 Å². The molecule has 166 valence electrons. The molecule has 0 fully saturated rings. The van der Waals surface area contributed by atoms with Crippen LogP contribution in [0.4, 0.5) is 10.5 Å². The van der Waals surface area contributed by atoms with Crippen molar-refractivity contribution in [2.75, 3.05) is 32.7 Å². The van der Waals surface area contributed by atoms with E-state index >= 15 is 0 Å². The summed E-state index contributed by atoms with van der Waals surface area (Å²) in [5.74, 6) is -0.0373. The second-order valence-electron chi connectivity index (χ2n) is 7.07. The number of amides is 3. The Bertz CT molecular complexity index is 1120. The van der Waals surface area contributed by atoms with Gasteiger partial charge in [-0.25, -0.2) is 9.59 Å². The summed E-state index contributed by atoms with van der Waals surface area (Å²) < 4.78 is 15.6. The average molecular weight is 458 g/mol. The maximum absolute atomic E-state index is 12.9. The average Bonchev–Trinajstić information content (AvgIpc) is 3.18. The highest BCUT2D eigenvalue weighted by atomic mass is 35.5. The summed E-state index contributed by atoms with van der Waals surface area (Å²) in [5, 5.41) is 6.03. The van der Waals surface area contributed by atoms with E-state index in [-0.39, 0.29) is 13.2 Å². The molecule has 0 aromatic heterocycles. The third-order valence-corrected chi connectivity index (χ3v) is 5.44. The normalized spacial score (nSPS) is 17.5.